The van der Waals surface area contributed by atoms with E-state index >= 15 is 0 Å². The highest BCUT2D eigenvalue weighted by Crippen LogP contribution is 2.25. The molecule has 1 aromatic carbocycles. The number of likely N-dealkylation sites (tertiary alicyclic amines) is 1. The third kappa shape index (κ3) is 4.41. The first-order valence-corrected chi connectivity index (χ1v) is 7.91. The Bertz CT molecular complexity index is 447. The van der Waals surface area contributed by atoms with Crippen LogP contribution in [0, 0.1) is 0 Å². The summed E-state index contributed by atoms with van der Waals surface area (Å²) in [5, 5.41) is 9.30. The third-order valence-electron chi connectivity index (χ3n) is 3.25. The van der Waals surface area contributed by atoms with Crippen LogP contribution in [0.5, 0.6) is 0 Å². The maximum atomic E-state index is 11.0. The Balaban J connectivity index is 1.79. The molecule has 0 aromatic heterocycles. The molecule has 0 unspecified atom stereocenters. The zero-order valence-corrected chi connectivity index (χ0v) is 12.3. The van der Waals surface area contributed by atoms with Crippen molar-refractivity contribution in [3.63, 3.8) is 0 Å². The number of benzene rings is 1. The van der Waals surface area contributed by atoms with Crippen molar-refractivity contribution in [3.05, 3.63) is 28.8 Å². The largest absolute Gasteiger partial charge is 0.478 e. The molecule has 1 saturated heterocycles. The van der Waals surface area contributed by atoms with E-state index in [4.69, 9.17) is 16.7 Å². The van der Waals surface area contributed by atoms with E-state index in [9.17, 15) is 4.79 Å². The summed E-state index contributed by atoms with van der Waals surface area (Å²) in [7, 11) is 0. The molecular weight excluding hydrogens is 282 g/mol. The van der Waals surface area contributed by atoms with Crippen LogP contribution in [0.25, 0.3) is 0 Å². The molecule has 0 aliphatic carbocycles. The predicted molar refractivity (Wildman–Crippen MR) is 79.4 cm³/mol. The van der Waals surface area contributed by atoms with Gasteiger partial charge >= 0.3 is 5.97 Å². The lowest BCUT2D eigenvalue weighted by Gasteiger charge is -2.13. The summed E-state index contributed by atoms with van der Waals surface area (Å²) in [4.78, 5) is 14.4. The molecule has 3 nitrogen and oxygen atoms in total. The first kappa shape index (κ1) is 14.7. The van der Waals surface area contributed by atoms with Crippen LogP contribution in [0.3, 0.4) is 0 Å². The summed E-state index contributed by atoms with van der Waals surface area (Å²) in [5.74, 6) is 0.0431. The highest BCUT2D eigenvalue weighted by molar-refractivity contribution is 7.99. The van der Waals surface area contributed by atoms with Gasteiger partial charge in [-0.05, 0) is 62.8 Å². The van der Waals surface area contributed by atoms with Crippen LogP contribution in [0.1, 0.15) is 29.6 Å². The van der Waals surface area contributed by atoms with Gasteiger partial charge in [0.1, 0.15) is 0 Å². The van der Waals surface area contributed by atoms with Crippen LogP contribution in [0.2, 0.25) is 5.02 Å². The number of carboxylic acid groups (broad SMARTS) is 1. The van der Waals surface area contributed by atoms with Gasteiger partial charge in [-0.15, -0.1) is 11.8 Å². The van der Waals surface area contributed by atoms with Crippen molar-refractivity contribution in [2.24, 2.45) is 0 Å². The van der Waals surface area contributed by atoms with Gasteiger partial charge < -0.3 is 10.0 Å². The van der Waals surface area contributed by atoms with Gasteiger partial charge in [-0.25, -0.2) is 4.79 Å². The van der Waals surface area contributed by atoms with E-state index in [0.717, 1.165) is 23.6 Å². The average Bonchev–Trinajstić information content (AvgIpc) is 2.89. The second-order valence-electron chi connectivity index (χ2n) is 4.70. The molecule has 104 valence electrons. The first-order chi connectivity index (χ1) is 9.16. The highest BCUT2D eigenvalue weighted by Gasteiger charge is 2.11. The molecular formula is C14H18ClNO2S. The summed E-state index contributed by atoms with van der Waals surface area (Å²) in [5.41, 5.74) is 0.186. The van der Waals surface area contributed by atoms with Crippen LogP contribution >= 0.6 is 23.4 Å². The van der Waals surface area contributed by atoms with Gasteiger partial charge in [-0.3, -0.25) is 0 Å². The second kappa shape index (κ2) is 7.17. The summed E-state index contributed by atoms with van der Waals surface area (Å²) < 4.78 is 0. The van der Waals surface area contributed by atoms with Crippen LogP contribution in [0.15, 0.2) is 23.1 Å². The normalized spacial score (nSPS) is 15.8. The summed E-state index contributed by atoms with van der Waals surface area (Å²) >= 11 is 7.54. The second-order valence-corrected chi connectivity index (χ2v) is 6.27. The number of nitrogens with zero attached hydrogens (tertiary/aromatic N) is 1. The SMILES string of the molecule is O=C(O)c1cc(SCCCN2CCCC2)ccc1Cl. The standard InChI is InChI=1S/C14H18ClNO2S/c15-13-5-4-11(10-12(13)14(17)18)19-9-3-8-16-6-1-2-7-16/h4-5,10H,1-3,6-9H2,(H,17,18). The van der Waals surface area contributed by atoms with Gasteiger partial charge in [0, 0.05) is 4.90 Å². The minimum Gasteiger partial charge on any atom is -0.478 e. The number of rotatable bonds is 6. The first-order valence-electron chi connectivity index (χ1n) is 6.55. The number of halogens is 1. The smallest absolute Gasteiger partial charge is 0.337 e. The van der Waals surface area contributed by atoms with E-state index < -0.39 is 5.97 Å². The van der Waals surface area contributed by atoms with Gasteiger partial charge in [-0.2, -0.15) is 0 Å². The molecule has 5 heteroatoms. The Labute approximate surface area is 122 Å². The maximum Gasteiger partial charge on any atom is 0.337 e. The van der Waals surface area contributed by atoms with Crippen molar-refractivity contribution in [1.82, 2.24) is 4.90 Å². The van der Waals surface area contributed by atoms with Crippen LogP contribution in [-0.4, -0.2) is 41.4 Å². The lowest BCUT2D eigenvalue weighted by molar-refractivity contribution is 0.0697. The average molecular weight is 300 g/mol. The quantitative estimate of drug-likeness (QED) is 0.643. The molecule has 1 aromatic rings. The Hall–Kier alpha value is -0.710. The Morgan fingerprint density at radius 1 is 1.37 bits per heavy atom. The number of hydrogen-bond donors (Lipinski definition) is 1. The molecule has 1 aliphatic rings. The van der Waals surface area contributed by atoms with Crippen LogP contribution < -0.4 is 0 Å². The van der Waals surface area contributed by atoms with Crippen molar-refractivity contribution < 1.29 is 9.90 Å². The number of thioether (sulfide) groups is 1. The Morgan fingerprint density at radius 3 is 2.79 bits per heavy atom. The number of carboxylic acids is 1. The molecule has 0 radical (unpaired) electrons. The van der Waals surface area contributed by atoms with E-state index in [1.807, 2.05) is 6.07 Å². The lowest BCUT2D eigenvalue weighted by atomic mass is 10.2. The minimum absolute atomic E-state index is 0.186. The van der Waals surface area contributed by atoms with Gasteiger partial charge in [0.15, 0.2) is 0 Å². The van der Waals surface area contributed by atoms with Crippen molar-refractivity contribution in [2.75, 3.05) is 25.4 Å². The number of aromatic carboxylic acids is 1. The molecule has 0 spiro atoms. The molecule has 1 N–H and O–H groups in total. The summed E-state index contributed by atoms with van der Waals surface area (Å²) in [6.45, 7) is 3.61. The molecule has 0 amide bonds. The number of hydrogen-bond acceptors (Lipinski definition) is 3. The predicted octanol–water partition coefficient (Wildman–Crippen LogP) is 3.62. The molecule has 19 heavy (non-hydrogen) atoms. The van der Waals surface area contributed by atoms with Gasteiger partial charge in [-0.1, -0.05) is 11.6 Å². The zero-order valence-electron chi connectivity index (χ0n) is 10.8. The maximum absolute atomic E-state index is 11.0. The van der Waals surface area contributed by atoms with Crippen molar-refractivity contribution in [3.8, 4) is 0 Å². The Morgan fingerprint density at radius 2 is 2.11 bits per heavy atom. The van der Waals surface area contributed by atoms with E-state index in [1.54, 1.807) is 23.9 Å². The molecule has 0 bridgehead atoms. The summed E-state index contributed by atoms with van der Waals surface area (Å²) in [6.07, 6.45) is 3.79. The van der Waals surface area contributed by atoms with Crippen LogP contribution in [0.4, 0.5) is 0 Å². The topological polar surface area (TPSA) is 40.5 Å². The lowest BCUT2D eigenvalue weighted by Crippen LogP contribution is -2.20. The van der Waals surface area contributed by atoms with E-state index in [0.29, 0.717) is 5.02 Å². The zero-order chi connectivity index (χ0) is 13.7. The van der Waals surface area contributed by atoms with Crippen molar-refractivity contribution >= 4 is 29.3 Å². The molecule has 1 fully saturated rings. The fourth-order valence-corrected chi connectivity index (χ4v) is 3.32. The fraction of sp³-hybridized carbons (Fsp3) is 0.500. The molecule has 2 rings (SSSR count). The molecule has 0 saturated carbocycles. The number of carbonyl (C=O) groups is 1. The summed E-state index contributed by atoms with van der Waals surface area (Å²) in [6, 6.07) is 5.20. The van der Waals surface area contributed by atoms with Gasteiger partial charge in [0.25, 0.3) is 0 Å². The van der Waals surface area contributed by atoms with E-state index in [1.165, 1.54) is 25.9 Å². The van der Waals surface area contributed by atoms with Crippen molar-refractivity contribution in [2.45, 2.75) is 24.2 Å². The van der Waals surface area contributed by atoms with Crippen LogP contribution in [-0.2, 0) is 0 Å². The van der Waals surface area contributed by atoms with E-state index in [2.05, 4.69) is 4.90 Å². The minimum atomic E-state index is -0.968. The molecule has 1 aliphatic heterocycles. The van der Waals surface area contributed by atoms with Crippen molar-refractivity contribution in [1.29, 1.82) is 0 Å². The van der Waals surface area contributed by atoms with Gasteiger partial charge in [0.05, 0.1) is 10.6 Å². The Kier molecular flexibility index (Phi) is 5.55. The third-order valence-corrected chi connectivity index (χ3v) is 4.66. The molecule has 1 heterocycles. The monoisotopic (exact) mass is 299 g/mol. The highest BCUT2D eigenvalue weighted by atomic mass is 35.5. The molecule has 0 atom stereocenters. The van der Waals surface area contributed by atoms with Gasteiger partial charge in [0.2, 0.25) is 0 Å². The van der Waals surface area contributed by atoms with E-state index in [-0.39, 0.29) is 5.56 Å². The fourth-order valence-electron chi connectivity index (χ4n) is 2.24.